The van der Waals surface area contributed by atoms with Crippen molar-refractivity contribution in [3.63, 3.8) is 0 Å². The maximum atomic E-state index is 7.26. The van der Waals surface area contributed by atoms with Crippen molar-refractivity contribution in [2.45, 2.75) is 64.2 Å². The molecule has 1 aliphatic rings. The Morgan fingerprint density at radius 3 is 1.78 bits per heavy atom. The van der Waals surface area contributed by atoms with Gasteiger partial charge in [-0.3, -0.25) is 4.90 Å². The van der Waals surface area contributed by atoms with Gasteiger partial charge in [-0.05, 0) is 40.7 Å². The second kappa shape index (κ2) is 9.74. The van der Waals surface area contributed by atoms with Crippen LogP contribution in [0.3, 0.4) is 0 Å². The molecule has 2 nitrogen and oxygen atoms in total. The normalized spacial score (nSPS) is 19.9. The van der Waals surface area contributed by atoms with E-state index in [0.29, 0.717) is 12.1 Å². The lowest BCUT2D eigenvalue weighted by molar-refractivity contribution is 0.134. The molecule has 1 fully saturated rings. The Hall–Kier alpha value is -2.20. The Bertz CT molecular complexity index is 929. The molecule has 2 unspecified atom stereocenters. The zero-order valence-corrected chi connectivity index (χ0v) is 21.0. The van der Waals surface area contributed by atoms with Gasteiger partial charge in [-0.15, -0.1) is 0 Å². The van der Waals surface area contributed by atoms with Gasteiger partial charge < -0.3 is 4.43 Å². The number of nitrogens with zero attached hydrogens (tertiary/aromatic N) is 1. The van der Waals surface area contributed by atoms with Crippen LogP contribution in [0.25, 0.3) is 0 Å². The molecule has 0 aromatic heterocycles. The maximum Gasteiger partial charge on any atom is 0.261 e. The molecule has 32 heavy (non-hydrogen) atoms. The molecule has 1 heterocycles. The average molecular weight is 444 g/mol. The van der Waals surface area contributed by atoms with Gasteiger partial charge in [0.05, 0.1) is 6.61 Å². The molecule has 3 aromatic carbocycles. The molecule has 4 rings (SSSR count). The van der Waals surface area contributed by atoms with E-state index in [1.807, 2.05) is 0 Å². The first-order chi connectivity index (χ1) is 15.4. The molecule has 3 heteroatoms. The highest BCUT2D eigenvalue weighted by Gasteiger charge is 2.50. The van der Waals surface area contributed by atoms with Crippen molar-refractivity contribution >= 4 is 18.7 Å². The van der Waals surface area contributed by atoms with Crippen LogP contribution in [0.2, 0.25) is 5.04 Å². The zero-order valence-electron chi connectivity index (χ0n) is 20.0. The topological polar surface area (TPSA) is 12.5 Å². The molecule has 0 amide bonds. The summed E-state index contributed by atoms with van der Waals surface area (Å²) < 4.78 is 7.26. The van der Waals surface area contributed by atoms with Gasteiger partial charge in [0.2, 0.25) is 0 Å². The van der Waals surface area contributed by atoms with Crippen molar-refractivity contribution in [3.05, 3.63) is 96.6 Å². The minimum atomic E-state index is -2.49. The van der Waals surface area contributed by atoms with Gasteiger partial charge in [0, 0.05) is 18.6 Å². The predicted molar refractivity (Wildman–Crippen MR) is 138 cm³/mol. The van der Waals surface area contributed by atoms with Crippen molar-refractivity contribution in [3.8, 4) is 0 Å². The van der Waals surface area contributed by atoms with E-state index in [-0.39, 0.29) is 5.04 Å². The fraction of sp³-hybridized carbons (Fsp3) is 0.379. The summed E-state index contributed by atoms with van der Waals surface area (Å²) in [5.74, 6) is 0. The Labute approximate surface area is 195 Å². The Morgan fingerprint density at radius 1 is 0.781 bits per heavy atom. The summed E-state index contributed by atoms with van der Waals surface area (Å²) in [7, 11) is -2.49. The smallest absolute Gasteiger partial charge is 0.261 e. The number of benzene rings is 3. The predicted octanol–water partition coefficient (Wildman–Crippen LogP) is 5.62. The molecular weight excluding hydrogens is 406 g/mol. The average Bonchev–Trinajstić information content (AvgIpc) is 3.15. The highest BCUT2D eigenvalue weighted by atomic mass is 28.4. The van der Waals surface area contributed by atoms with Crippen LogP contribution in [-0.4, -0.2) is 31.9 Å². The highest BCUT2D eigenvalue weighted by molar-refractivity contribution is 6.99. The molecule has 1 saturated heterocycles. The molecule has 0 spiro atoms. The van der Waals surface area contributed by atoms with Crippen molar-refractivity contribution in [1.29, 1.82) is 0 Å². The summed E-state index contributed by atoms with van der Waals surface area (Å²) in [6.07, 6.45) is 2.44. The standard InChI is InChI=1S/C29H37NOSi/c1-24-20-21-26(30(24)22-25-14-8-5-9-15-25)23-31-32(29(2,3)4,27-16-10-6-11-17-27)28-18-12-7-13-19-28/h5-19,24,26H,20-23H2,1-4H3. The lowest BCUT2D eigenvalue weighted by Gasteiger charge is -2.44. The van der Waals surface area contributed by atoms with E-state index in [2.05, 4.69) is 124 Å². The lowest BCUT2D eigenvalue weighted by Crippen LogP contribution is -2.67. The third-order valence-electron chi connectivity index (χ3n) is 7.07. The summed E-state index contributed by atoms with van der Waals surface area (Å²) >= 11 is 0. The minimum absolute atomic E-state index is 0.0180. The number of likely N-dealkylation sites (tertiary alicyclic amines) is 1. The Balaban J connectivity index is 1.66. The van der Waals surface area contributed by atoms with Crippen LogP contribution >= 0.6 is 0 Å². The van der Waals surface area contributed by atoms with E-state index in [0.717, 1.165) is 13.2 Å². The van der Waals surface area contributed by atoms with E-state index in [9.17, 15) is 0 Å². The molecule has 0 radical (unpaired) electrons. The van der Waals surface area contributed by atoms with Crippen LogP contribution in [0.15, 0.2) is 91.0 Å². The largest absolute Gasteiger partial charge is 0.406 e. The second-order valence-electron chi connectivity index (χ2n) is 10.2. The third kappa shape index (κ3) is 4.61. The third-order valence-corrected chi connectivity index (χ3v) is 12.1. The van der Waals surface area contributed by atoms with Crippen molar-refractivity contribution < 1.29 is 4.43 Å². The van der Waals surface area contributed by atoms with Gasteiger partial charge >= 0.3 is 0 Å². The molecule has 3 aromatic rings. The molecule has 0 bridgehead atoms. The molecule has 0 aliphatic carbocycles. The van der Waals surface area contributed by atoms with Gasteiger partial charge in [-0.2, -0.15) is 0 Å². The molecule has 0 N–H and O–H groups in total. The van der Waals surface area contributed by atoms with Crippen LogP contribution in [-0.2, 0) is 11.0 Å². The minimum Gasteiger partial charge on any atom is -0.406 e. The fourth-order valence-electron chi connectivity index (χ4n) is 5.37. The second-order valence-corrected chi connectivity index (χ2v) is 14.5. The van der Waals surface area contributed by atoms with E-state index < -0.39 is 8.32 Å². The van der Waals surface area contributed by atoms with Gasteiger partial charge in [0.1, 0.15) is 0 Å². The summed E-state index contributed by atoms with van der Waals surface area (Å²) in [5, 5.41) is 2.74. The molecule has 0 saturated carbocycles. The number of rotatable bonds is 7. The van der Waals surface area contributed by atoms with Gasteiger partial charge in [-0.1, -0.05) is 112 Å². The Morgan fingerprint density at radius 2 is 1.28 bits per heavy atom. The zero-order chi connectivity index (χ0) is 22.6. The first-order valence-corrected chi connectivity index (χ1v) is 13.9. The van der Waals surface area contributed by atoms with Gasteiger partial charge in [-0.25, -0.2) is 0 Å². The van der Waals surface area contributed by atoms with Gasteiger partial charge in [0.25, 0.3) is 8.32 Å². The first kappa shape index (κ1) is 23.0. The maximum absolute atomic E-state index is 7.26. The van der Waals surface area contributed by atoms with E-state index in [1.54, 1.807) is 0 Å². The van der Waals surface area contributed by atoms with Crippen molar-refractivity contribution in [2.24, 2.45) is 0 Å². The number of hydrogen-bond donors (Lipinski definition) is 0. The van der Waals surface area contributed by atoms with Crippen LogP contribution in [0.1, 0.15) is 46.1 Å². The van der Waals surface area contributed by atoms with E-state index >= 15 is 0 Å². The summed E-state index contributed by atoms with van der Waals surface area (Å²) in [4.78, 5) is 2.66. The molecule has 2 atom stereocenters. The Kier molecular flexibility index (Phi) is 6.99. The SMILES string of the molecule is CC1CCC(CO[Si](c2ccccc2)(c2ccccc2)C(C)(C)C)N1Cc1ccccc1. The van der Waals surface area contributed by atoms with Crippen molar-refractivity contribution in [1.82, 2.24) is 4.90 Å². The van der Waals surface area contributed by atoms with Crippen LogP contribution < -0.4 is 10.4 Å². The quantitative estimate of drug-likeness (QED) is 0.440. The fourth-order valence-corrected chi connectivity index (χ4v) is 9.96. The summed E-state index contributed by atoms with van der Waals surface area (Å²) in [6.45, 7) is 11.2. The van der Waals surface area contributed by atoms with Crippen LogP contribution in [0.4, 0.5) is 0 Å². The molecular formula is C29H37NOSi. The van der Waals surface area contributed by atoms with Crippen LogP contribution in [0.5, 0.6) is 0 Å². The summed E-state index contributed by atoms with van der Waals surface area (Å²) in [6, 6.07) is 33.9. The van der Waals surface area contributed by atoms with Crippen molar-refractivity contribution in [2.75, 3.05) is 6.61 Å². The highest BCUT2D eigenvalue weighted by Crippen LogP contribution is 2.37. The monoisotopic (exact) mass is 443 g/mol. The lowest BCUT2D eigenvalue weighted by atomic mass is 10.2. The van der Waals surface area contributed by atoms with Gasteiger partial charge in [0.15, 0.2) is 0 Å². The summed E-state index contributed by atoms with van der Waals surface area (Å²) in [5.41, 5.74) is 1.39. The number of hydrogen-bond acceptors (Lipinski definition) is 2. The molecule has 168 valence electrons. The van der Waals surface area contributed by atoms with E-state index in [4.69, 9.17) is 4.43 Å². The first-order valence-electron chi connectivity index (χ1n) is 12.0. The molecule has 1 aliphatic heterocycles. The van der Waals surface area contributed by atoms with Crippen LogP contribution in [0, 0.1) is 0 Å². The van der Waals surface area contributed by atoms with E-state index in [1.165, 1.54) is 28.8 Å².